The van der Waals surface area contributed by atoms with Crippen LogP contribution in [-0.4, -0.2) is 84.3 Å². The number of ether oxygens (including phenoxy) is 1. The number of aliphatic hydroxyl groups is 1. The van der Waals surface area contributed by atoms with E-state index >= 15 is 0 Å². The van der Waals surface area contributed by atoms with Crippen LogP contribution in [0.15, 0.2) is 54.6 Å². The molecule has 224 valence electrons. The predicted molar refractivity (Wildman–Crippen MR) is 159 cm³/mol. The number of aliphatic hydroxyl groups excluding tert-OH is 1. The van der Waals surface area contributed by atoms with E-state index in [4.69, 9.17) is 9.84 Å². The summed E-state index contributed by atoms with van der Waals surface area (Å²) in [5.41, 5.74) is 2.04. The average molecular weight is 569 g/mol. The molecule has 2 aromatic rings. The van der Waals surface area contributed by atoms with Crippen molar-refractivity contribution in [1.82, 2.24) is 20.9 Å². The Hall–Kier alpha value is -3.89. The number of para-hydroxylation sites is 1. The smallest absolute Gasteiger partial charge is 0.245 e. The second-order valence-electron chi connectivity index (χ2n) is 10.1. The molecule has 0 radical (unpaired) electrons. The number of likely N-dealkylation sites (N-methyl/N-ethyl adjacent to an activating group) is 1. The van der Waals surface area contributed by atoms with Gasteiger partial charge in [0, 0.05) is 25.7 Å². The molecule has 1 heterocycles. The van der Waals surface area contributed by atoms with Crippen molar-refractivity contribution < 1.29 is 29.3 Å². The van der Waals surface area contributed by atoms with E-state index < -0.39 is 24.1 Å². The van der Waals surface area contributed by atoms with Gasteiger partial charge in [-0.2, -0.15) is 0 Å². The van der Waals surface area contributed by atoms with Gasteiger partial charge in [0.05, 0.1) is 18.7 Å². The van der Waals surface area contributed by atoms with Gasteiger partial charge in [-0.1, -0.05) is 68.3 Å². The molecule has 4 unspecified atom stereocenters. The van der Waals surface area contributed by atoms with Crippen molar-refractivity contribution in [3.05, 3.63) is 65.7 Å². The quantitative estimate of drug-likeness (QED) is 0.383. The van der Waals surface area contributed by atoms with Gasteiger partial charge in [-0.3, -0.25) is 14.4 Å². The normalized spacial score (nSPS) is 21.3. The molecule has 0 aliphatic carbocycles. The zero-order chi connectivity index (χ0) is 30.4. The van der Waals surface area contributed by atoms with E-state index in [-0.39, 0.29) is 30.8 Å². The van der Waals surface area contributed by atoms with Crippen molar-refractivity contribution in [3.8, 4) is 11.5 Å². The fraction of sp³-hybridized carbons (Fsp3) is 0.452. The first kappa shape index (κ1) is 33.3. The predicted octanol–water partition coefficient (Wildman–Crippen LogP) is 2.24. The van der Waals surface area contributed by atoms with E-state index in [0.29, 0.717) is 24.7 Å². The number of hydrogen-bond donors (Lipinski definition) is 5. The molecule has 0 spiro atoms. The SMILES string of the molecule is CCC(C)C1NCCOc2ccccc2/C=C/CNC(=O)CNC(=O)C(C(C)O)N(C)C1=O.Cc1ccc(O)cc1. The Balaban J connectivity index is 0.000000629. The molecule has 3 amide bonds. The minimum absolute atomic E-state index is 0.00995. The third-order valence-corrected chi connectivity index (χ3v) is 6.78. The standard InChI is InChI=1S/C24H36N4O5.C7H8O/c1-5-16(2)21-24(32)28(4)22(17(3)29)23(31)27-15-20(30)25-12-8-10-18-9-6-7-11-19(18)33-14-13-26-21;1-6-2-4-7(8)5-3-6/h6-11,16-17,21-22,26,29H,5,12-15H2,1-4H3,(H,25,30)(H,27,31);2-5,8H,1H3/b10-8+;. The van der Waals surface area contributed by atoms with Crippen molar-refractivity contribution in [3.63, 3.8) is 0 Å². The molecular formula is C31H44N4O6. The van der Waals surface area contributed by atoms with Gasteiger partial charge in [0.15, 0.2) is 0 Å². The van der Waals surface area contributed by atoms with E-state index in [2.05, 4.69) is 16.0 Å². The lowest BCUT2D eigenvalue weighted by atomic mass is 9.96. The van der Waals surface area contributed by atoms with Crippen molar-refractivity contribution in [1.29, 1.82) is 0 Å². The fourth-order valence-electron chi connectivity index (χ4n) is 4.21. The summed E-state index contributed by atoms with van der Waals surface area (Å²) >= 11 is 0. The van der Waals surface area contributed by atoms with Gasteiger partial charge in [0.2, 0.25) is 17.7 Å². The zero-order valence-electron chi connectivity index (χ0n) is 24.6. The molecule has 10 nitrogen and oxygen atoms in total. The van der Waals surface area contributed by atoms with E-state index in [1.807, 2.05) is 63.2 Å². The number of nitrogens with one attached hydrogen (secondary N) is 3. The lowest BCUT2D eigenvalue weighted by Gasteiger charge is -2.34. The van der Waals surface area contributed by atoms with Gasteiger partial charge >= 0.3 is 0 Å². The molecular weight excluding hydrogens is 524 g/mol. The molecule has 1 aliphatic heterocycles. The van der Waals surface area contributed by atoms with Crippen LogP contribution in [0.25, 0.3) is 6.08 Å². The molecule has 0 fully saturated rings. The summed E-state index contributed by atoms with van der Waals surface area (Å²) in [6, 6.07) is 13.0. The summed E-state index contributed by atoms with van der Waals surface area (Å²) in [5, 5.41) is 27.5. The first-order valence-corrected chi connectivity index (χ1v) is 13.9. The highest BCUT2D eigenvalue weighted by Gasteiger charge is 2.35. The third kappa shape index (κ3) is 10.9. The highest BCUT2D eigenvalue weighted by atomic mass is 16.5. The van der Waals surface area contributed by atoms with Crippen molar-refractivity contribution in [2.75, 3.05) is 33.3 Å². The van der Waals surface area contributed by atoms with Crippen LogP contribution < -0.4 is 20.7 Å². The molecule has 5 N–H and O–H groups in total. The first-order valence-electron chi connectivity index (χ1n) is 13.9. The van der Waals surface area contributed by atoms with Crippen LogP contribution in [0.2, 0.25) is 0 Å². The molecule has 2 aromatic carbocycles. The number of phenols is 1. The largest absolute Gasteiger partial charge is 0.508 e. The van der Waals surface area contributed by atoms with Gasteiger partial charge in [0.25, 0.3) is 0 Å². The van der Waals surface area contributed by atoms with Gasteiger partial charge in [0.1, 0.15) is 24.1 Å². The van der Waals surface area contributed by atoms with E-state index in [1.165, 1.54) is 24.4 Å². The number of aromatic hydroxyl groups is 1. The number of fused-ring (bicyclic) bond motifs is 1. The minimum atomic E-state index is -1.12. The Morgan fingerprint density at radius 1 is 1.05 bits per heavy atom. The number of amides is 3. The van der Waals surface area contributed by atoms with Crippen molar-refractivity contribution in [2.24, 2.45) is 5.92 Å². The van der Waals surface area contributed by atoms with Gasteiger partial charge in [-0.15, -0.1) is 0 Å². The summed E-state index contributed by atoms with van der Waals surface area (Å²) < 4.78 is 5.92. The van der Waals surface area contributed by atoms with Crippen LogP contribution in [0.4, 0.5) is 0 Å². The number of hydrogen-bond acceptors (Lipinski definition) is 7. The Morgan fingerprint density at radius 3 is 2.37 bits per heavy atom. The maximum absolute atomic E-state index is 13.3. The topological polar surface area (TPSA) is 140 Å². The van der Waals surface area contributed by atoms with E-state index in [0.717, 1.165) is 12.0 Å². The lowest BCUT2D eigenvalue weighted by Crippen LogP contribution is -2.59. The number of rotatable bonds is 3. The molecule has 10 heteroatoms. The number of benzene rings is 2. The molecule has 0 bridgehead atoms. The maximum atomic E-state index is 13.3. The highest BCUT2D eigenvalue weighted by Crippen LogP contribution is 2.19. The molecule has 3 rings (SSSR count). The fourth-order valence-corrected chi connectivity index (χ4v) is 4.21. The van der Waals surface area contributed by atoms with Crippen LogP contribution in [0, 0.1) is 12.8 Å². The van der Waals surface area contributed by atoms with Gasteiger partial charge in [-0.25, -0.2) is 0 Å². The molecule has 4 atom stereocenters. The Bertz CT molecular complexity index is 1130. The lowest BCUT2D eigenvalue weighted by molar-refractivity contribution is -0.145. The maximum Gasteiger partial charge on any atom is 0.245 e. The van der Waals surface area contributed by atoms with Crippen LogP contribution in [0.5, 0.6) is 11.5 Å². The molecule has 0 saturated heterocycles. The first-order chi connectivity index (χ1) is 19.5. The number of carbonyl (C=O) groups excluding carboxylic acids is 3. The van der Waals surface area contributed by atoms with Crippen molar-refractivity contribution in [2.45, 2.75) is 52.3 Å². The summed E-state index contributed by atoms with van der Waals surface area (Å²) in [5.74, 6) is -0.254. The molecule has 0 saturated carbocycles. The second-order valence-corrected chi connectivity index (χ2v) is 10.1. The van der Waals surface area contributed by atoms with E-state index in [9.17, 15) is 19.5 Å². The third-order valence-electron chi connectivity index (χ3n) is 6.78. The van der Waals surface area contributed by atoms with Crippen molar-refractivity contribution >= 4 is 23.8 Å². The summed E-state index contributed by atoms with van der Waals surface area (Å²) in [6.45, 7) is 8.16. The molecule has 41 heavy (non-hydrogen) atoms. The molecule has 1 aliphatic rings. The van der Waals surface area contributed by atoms with Crippen LogP contribution >= 0.6 is 0 Å². The van der Waals surface area contributed by atoms with Gasteiger partial charge in [-0.05, 0) is 38.0 Å². The summed E-state index contributed by atoms with van der Waals surface area (Å²) in [6.07, 6.45) is 3.28. The Kier molecular flexibility index (Phi) is 13.8. The Labute approximate surface area is 242 Å². The number of carbonyl (C=O) groups is 3. The monoisotopic (exact) mass is 568 g/mol. The zero-order valence-corrected chi connectivity index (χ0v) is 24.6. The van der Waals surface area contributed by atoms with Crippen LogP contribution in [0.3, 0.4) is 0 Å². The van der Waals surface area contributed by atoms with Crippen LogP contribution in [-0.2, 0) is 14.4 Å². The van der Waals surface area contributed by atoms with Crippen LogP contribution in [0.1, 0.15) is 38.3 Å². The minimum Gasteiger partial charge on any atom is -0.508 e. The number of aryl methyl sites for hydroxylation is 1. The molecule has 0 aromatic heterocycles. The average Bonchev–Trinajstić information content (AvgIpc) is 2.95. The second kappa shape index (κ2) is 17.0. The Morgan fingerprint density at radius 2 is 1.73 bits per heavy atom. The highest BCUT2D eigenvalue weighted by molar-refractivity contribution is 5.92. The van der Waals surface area contributed by atoms with E-state index in [1.54, 1.807) is 18.2 Å². The van der Waals surface area contributed by atoms with Gasteiger partial charge < -0.3 is 35.8 Å². The summed E-state index contributed by atoms with van der Waals surface area (Å²) in [7, 11) is 1.49. The number of phenolic OH excluding ortho intramolecular Hbond substituents is 1. The number of nitrogens with zero attached hydrogens (tertiary/aromatic N) is 1. The summed E-state index contributed by atoms with van der Waals surface area (Å²) in [4.78, 5) is 39.4.